The monoisotopic (exact) mass is 271 g/mol. The van der Waals surface area contributed by atoms with Gasteiger partial charge in [-0.15, -0.1) is 0 Å². The molecule has 0 spiro atoms. The molecule has 0 N–H and O–H groups in total. The molecule has 1 fully saturated rings. The van der Waals surface area contributed by atoms with Crippen LogP contribution in [0.5, 0.6) is 0 Å². The molecule has 2 aromatic rings. The topological polar surface area (TPSA) is 29.0 Å². The van der Waals surface area contributed by atoms with E-state index in [9.17, 15) is 4.39 Å². The molecule has 0 bridgehead atoms. The Morgan fingerprint density at radius 3 is 2.70 bits per heavy atom. The number of hydrogen-bond acceptors (Lipinski definition) is 3. The second-order valence-electron chi connectivity index (χ2n) is 5.45. The zero-order valence-corrected chi connectivity index (χ0v) is 11.8. The molecule has 104 valence electrons. The molecule has 0 amide bonds. The summed E-state index contributed by atoms with van der Waals surface area (Å²) >= 11 is 0. The Morgan fingerprint density at radius 2 is 2.00 bits per heavy atom. The van der Waals surface area contributed by atoms with Gasteiger partial charge in [-0.1, -0.05) is 18.2 Å². The Balaban J connectivity index is 1.83. The predicted octanol–water partition coefficient (Wildman–Crippen LogP) is 3.44. The zero-order chi connectivity index (χ0) is 14.1. The van der Waals surface area contributed by atoms with Crippen LogP contribution in [0.25, 0.3) is 0 Å². The van der Waals surface area contributed by atoms with E-state index in [0.29, 0.717) is 18.0 Å². The standard InChI is InChI=1S/C16H18FN3/c1-11-9-15(19-16(18-11)12-7-8-12)20(2)10-13-5-3-4-6-14(13)17/h3-6,9,12H,7-8,10H2,1-2H3. The summed E-state index contributed by atoms with van der Waals surface area (Å²) in [4.78, 5) is 11.1. The normalized spacial score (nSPS) is 14.3. The largest absolute Gasteiger partial charge is 0.355 e. The van der Waals surface area contributed by atoms with Gasteiger partial charge in [0.15, 0.2) is 0 Å². The summed E-state index contributed by atoms with van der Waals surface area (Å²) in [6.07, 6.45) is 2.36. The average molecular weight is 271 g/mol. The third-order valence-corrected chi connectivity index (χ3v) is 3.56. The van der Waals surface area contributed by atoms with Crippen molar-refractivity contribution in [3.63, 3.8) is 0 Å². The first-order valence-electron chi connectivity index (χ1n) is 6.93. The van der Waals surface area contributed by atoms with Crippen LogP contribution in [0.4, 0.5) is 10.2 Å². The van der Waals surface area contributed by atoms with Gasteiger partial charge >= 0.3 is 0 Å². The number of aromatic nitrogens is 2. The summed E-state index contributed by atoms with van der Waals surface area (Å²) in [6.45, 7) is 2.49. The van der Waals surface area contributed by atoms with E-state index in [1.54, 1.807) is 6.07 Å². The molecule has 0 radical (unpaired) electrons. The van der Waals surface area contributed by atoms with Gasteiger partial charge < -0.3 is 4.90 Å². The van der Waals surface area contributed by atoms with Crippen molar-refractivity contribution in [2.75, 3.05) is 11.9 Å². The zero-order valence-electron chi connectivity index (χ0n) is 11.8. The van der Waals surface area contributed by atoms with Crippen molar-refractivity contribution in [2.45, 2.75) is 32.2 Å². The molecule has 3 rings (SSSR count). The minimum atomic E-state index is -0.174. The van der Waals surface area contributed by atoms with Crippen molar-refractivity contribution >= 4 is 5.82 Å². The molecule has 1 heterocycles. The highest BCUT2D eigenvalue weighted by atomic mass is 19.1. The number of benzene rings is 1. The van der Waals surface area contributed by atoms with Gasteiger partial charge in [0.1, 0.15) is 17.5 Å². The van der Waals surface area contributed by atoms with E-state index >= 15 is 0 Å². The summed E-state index contributed by atoms with van der Waals surface area (Å²) in [5, 5.41) is 0. The fourth-order valence-corrected chi connectivity index (χ4v) is 2.26. The second-order valence-corrected chi connectivity index (χ2v) is 5.45. The molecule has 0 saturated heterocycles. The van der Waals surface area contributed by atoms with E-state index < -0.39 is 0 Å². The minimum Gasteiger partial charge on any atom is -0.355 e. The van der Waals surface area contributed by atoms with Crippen molar-refractivity contribution in [3.05, 3.63) is 53.2 Å². The average Bonchev–Trinajstić information content (AvgIpc) is 3.25. The summed E-state index contributed by atoms with van der Waals surface area (Å²) in [5.74, 6) is 2.14. The highest BCUT2D eigenvalue weighted by molar-refractivity contribution is 5.40. The lowest BCUT2D eigenvalue weighted by atomic mass is 10.2. The Bertz CT molecular complexity index is 623. The number of halogens is 1. The predicted molar refractivity (Wildman–Crippen MR) is 77.3 cm³/mol. The lowest BCUT2D eigenvalue weighted by molar-refractivity contribution is 0.607. The maximum absolute atomic E-state index is 13.7. The van der Waals surface area contributed by atoms with Crippen LogP contribution in [0.2, 0.25) is 0 Å². The molecule has 1 aliphatic rings. The fraction of sp³-hybridized carbons (Fsp3) is 0.375. The quantitative estimate of drug-likeness (QED) is 0.853. The van der Waals surface area contributed by atoms with E-state index in [4.69, 9.17) is 0 Å². The first kappa shape index (κ1) is 13.0. The smallest absolute Gasteiger partial charge is 0.134 e. The molecule has 1 aliphatic carbocycles. The Hall–Kier alpha value is -1.97. The molecule has 1 aromatic heterocycles. The number of nitrogens with zero attached hydrogens (tertiary/aromatic N) is 3. The number of rotatable bonds is 4. The third-order valence-electron chi connectivity index (χ3n) is 3.56. The van der Waals surface area contributed by atoms with Crippen LogP contribution in [-0.2, 0) is 6.54 Å². The van der Waals surface area contributed by atoms with Crippen molar-refractivity contribution in [3.8, 4) is 0 Å². The lowest BCUT2D eigenvalue weighted by Gasteiger charge is -2.19. The summed E-state index contributed by atoms with van der Waals surface area (Å²) in [5.41, 5.74) is 1.65. The molecule has 0 atom stereocenters. The fourth-order valence-electron chi connectivity index (χ4n) is 2.26. The van der Waals surface area contributed by atoms with Crippen LogP contribution in [0.1, 0.15) is 35.8 Å². The van der Waals surface area contributed by atoms with Gasteiger partial charge in [0.2, 0.25) is 0 Å². The first-order valence-corrected chi connectivity index (χ1v) is 6.93. The van der Waals surface area contributed by atoms with Gasteiger partial charge in [-0.25, -0.2) is 14.4 Å². The SMILES string of the molecule is Cc1cc(N(C)Cc2ccccc2F)nc(C2CC2)n1. The number of aryl methyl sites for hydroxylation is 1. The van der Waals surface area contributed by atoms with Crippen LogP contribution < -0.4 is 4.90 Å². The van der Waals surface area contributed by atoms with Crippen molar-refractivity contribution < 1.29 is 4.39 Å². The van der Waals surface area contributed by atoms with Crippen LogP contribution in [-0.4, -0.2) is 17.0 Å². The van der Waals surface area contributed by atoms with Gasteiger partial charge in [0.25, 0.3) is 0 Å². The Kier molecular flexibility index (Phi) is 3.38. The maximum atomic E-state index is 13.7. The maximum Gasteiger partial charge on any atom is 0.134 e. The van der Waals surface area contributed by atoms with Gasteiger partial charge in [0.05, 0.1) is 0 Å². The van der Waals surface area contributed by atoms with Crippen molar-refractivity contribution in [1.82, 2.24) is 9.97 Å². The molecule has 0 unspecified atom stereocenters. The summed E-state index contributed by atoms with van der Waals surface area (Å²) in [7, 11) is 1.94. The van der Waals surface area contributed by atoms with Crippen LogP contribution >= 0.6 is 0 Å². The number of anilines is 1. The van der Waals surface area contributed by atoms with E-state index in [2.05, 4.69) is 9.97 Å². The number of hydrogen-bond donors (Lipinski definition) is 0. The van der Waals surface area contributed by atoms with E-state index in [1.807, 2.05) is 37.1 Å². The molecule has 20 heavy (non-hydrogen) atoms. The summed E-state index contributed by atoms with van der Waals surface area (Å²) < 4.78 is 13.7. The highest BCUT2D eigenvalue weighted by Gasteiger charge is 2.27. The van der Waals surface area contributed by atoms with Gasteiger partial charge in [-0.05, 0) is 25.8 Å². The van der Waals surface area contributed by atoms with Crippen LogP contribution in [0, 0.1) is 12.7 Å². The van der Waals surface area contributed by atoms with E-state index in [0.717, 1.165) is 17.3 Å². The van der Waals surface area contributed by atoms with Crippen molar-refractivity contribution in [2.24, 2.45) is 0 Å². The minimum absolute atomic E-state index is 0.174. The molecule has 1 aromatic carbocycles. The van der Waals surface area contributed by atoms with Crippen LogP contribution in [0.15, 0.2) is 30.3 Å². The highest BCUT2D eigenvalue weighted by Crippen LogP contribution is 2.38. The van der Waals surface area contributed by atoms with E-state index in [1.165, 1.54) is 18.9 Å². The Labute approximate surface area is 118 Å². The van der Waals surface area contributed by atoms with E-state index in [-0.39, 0.29) is 5.82 Å². The molecule has 1 saturated carbocycles. The summed E-state index contributed by atoms with van der Waals surface area (Å²) in [6, 6.07) is 8.81. The molecular formula is C16H18FN3. The molecular weight excluding hydrogens is 253 g/mol. The third kappa shape index (κ3) is 2.79. The Morgan fingerprint density at radius 1 is 1.25 bits per heavy atom. The van der Waals surface area contributed by atoms with Crippen LogP contribution in [0.3, 0.4) is 0 Å². The first-order chi connectivity index (χ1) is 9.63. The lowest BCUT2D eigenvalue weighted by Crippen LogP contribution is -2.19. The molecule has 4 heteroatoms. The van der Waals surface area contributed by atoms with Gasteiger partial charge in [0, 0.05) is 36.8 Å². The van der Waals surface area contributed by atoms with Gasteiger partial charge in [-0.2, -0.15) is 0 Å². The molecule has 3 nitrogen and oxygen atoms in total. The molecule has 0 aliphatic heterocycles. The van der Waals surface area contributed by atoms with Crippen molar-refractivity contribution in [1.29, 1.82) is 0 Å². The second kappa shape index (κ2) is 5.19. The van der Waals surface area contributed by atoms with Gasteiger partial charge in [-0.3, -0.25) is 0 Å².